The fraction of sp³-hybridized carbons (Fsp3) is 0.478. The maximum atomic E-state index is 5.44. The summed E-state index contributed by atoms with van der Waals surface area (Å²) in [6, 6.07) is 13.3. The molecule has 0 saturated carbocycles. The van der Waals surface area contributed by atoms with Crippen LogP contribution in [0.3, 0.4) is 0 Å². The lowest BCUT2D eigenvalue weighted by Crippen LogP contribution is -2.33. The Balaban J connectivity index is 2.12. The third-order valence-electron chi connectivity index (χ3n) is 5.81. The van der Waals surface area contributed by atoms with E-state index in [0.29, 0.717) is 0 Å². The van der Waals surface area contributed by atoms with Gasteiger partial charge >= 0.3 is 0 Å². The summed E-state index contributed by atoms with van der Waals surface area (Å²) in [5, 5.41) is 0. The average molecular weight is 417 g/mol. The second-order valence-electron chi connectivity index (χ2n) is 8.60. The summed E-state index contributed by atoms with van der Waals surface area (Å²) < 4.78 is 11.9. The second kappa shape index (κ2) is 7.10. The molecule has 0 amide bonds. The molecule has 0 aromatic heterocycles. The first-order valence-corrected chi connectivity index (χ1v) is 9.99. The van der Waals surface area contributed by atoms with Crippen LogP contribution in [0.1, 0.15) is 63.5 Å². The highest BCUT2D eigenvalue weighted by Crippen LogP contribution is 2.47. The van der Waals surface area contributed by atoms with Crippen molar-refractivity contribution in [1.29, 1.82) is 0 Å². The van der Waals surface area contributed by atoms with Crippen molar-refractivity contribution in [3.05, 3.63) is 57.6 Å². The Bertz CT molecular complexity index is 804. The molecule has 0 fully saturated rings. The summed E-state index contributed by atoms with van der Waals surface area (Å²) in [5.41, 5.74) is 6.83. The zero-order chi connectivity index (χ0) is 19.1. The van der Waals surface area contributed by atoms with Crippen LogP contribution in [0.2, 0.25) is 0 Å². The predicted octanol–water partition coefficient (Wildman–Crippen LogP) is 6.76. The molecule has 1 aliphatic carbocycles. The molecule has 0 bridgehead atoms. The Labute approximate surface area is 166 Å². The van der Waals surface area contributed by atoms with Gasteiger partial charge in [0.05, 0.1) is 0 Å². The van der Waals surface area contributed by atoms with Crippen LogP contribution >= 0.6 is 15.9 Å². The molecule has 1 aliphatic rings. The zero-order valence-electron chi connectivity index (χ0n) is 16.7. The summed E-state index contributed by atoms with van der Waals surface area (Å²) in [6.07, 6.45) is 2.09. The molecular weight excluding hydrogens is 388 g/mol. The Kier molecular flexibility index (Phi) is 5.35. The molecule has 3 heteroatoms. The Morgan fingerprint density at radius 2 is 1.42 bits per heavy atom. The van der Waals surface area contributed by atoms with Crippen LogP contribution < -0.4 is 0 Å². The first-order valence-electron chi connectivity index (χ1n) is 9.19. The van der Waals surface area contributed by atoms with Crippen LogP contribution in [0.25, 0.3) is 11.1 Å². The minimum Gasteiger partial charge on any atom is -0.352 e. The van der Waals surface area contributed by atoms with Crippen LogP contribution in [0.4, 0.5) is 0 Å². The van der Waals surface area contributed by atoms with Crippen molar-refractivity contribution in [3.63, 3.8) is 0 Å². The van der Waals surface area contributed by atoms with Gasteiger partial charge in [0.2, 0.25) is 0 Å². The SMILES string of the molecule is COC(OC)c1cc(Br)cc(-c2ccc3c(c2)C(C)(C)CCC3(C)C)c1. The number of hydrogen-bond donors (Lipinski definition) is 0. The van der Waals surface area contributed by atoms with Crippen LogP contribution in [0, 0.1) is 0 Å². The van der Waals surface area contributed by atoms with Crippen LogP contribution in [-0.2, 0) is 20.3 Å². The van der Waals surface area contributed by atoms with Crippen molar-refractivity contribution < 1.29 is 9.47 Å². The number of methoxy groups -OCH3 is 2. The lowest BCUT2D eigenvalue weighted by molar-refractivity contribution is -0.106. The van der Waals surface area contributed by atoms with E-state index in [2.05, 4.69) is 74.0 Å². The molecule has 0 unspecified atom stereocenters. The summed E-state index contributed by atoms with van der Waals surface area (Å²) in [5.74, 6) is 0. The predicted molar refractivity (Wildman–Crippen MR) is 112 cm³/mol. The van der Waals surface area contributed by atoms with Crippen molar-refractivity contribution in [1.82, 2.24) is 0 Å². The lowest BCUT2D eigenvalue weighted by atomic mass is 9.63. The zero-order valence-corrected chi connectivity index (χ0v) is 18.2. The molecule has 2 aromatic carbocycles. The van der Waals surface area contributed by atoms with Crippen LogP contribution in [-0.4, -0.2) is 14.2 Å². The van der Waals surface area contributed by atoms with E-state index in [9.17, 15) is 0 Å². The smallest absolute Gasteiger partial charge is 0.183 e. The topological polar surface area (TPSA) is 18.5 Å². The van der Waals surface area contributed by atoms with Crippen molar-refractivity contribution in [2.45, 2.75) is 57.7 Å². The normalized spacial score (nSPS) is 18.0. The summed E-state index contributed by atoms with van der Waals surface area (Å²) >= 11 is 3.64. The molecule has 0 spiro atoms. The van der Waals surface area contributed by atoms with E-state index in [-0.39, 0.29) is 17.1 Å². The van der Waals surface area contributed by atoms with Crippen molar-refractivity contribution in [2.75, 3.05) is 14.2 Å². The van der Waals surface area contributed by atoms with Crippen molar-refractivity contribution >= 4 is 15.9 Å². The summed E-state index contributed by atoms with van der Waals surface area (Å²) in [4.78, 5) is 0. The Morgan fingerprint density at radius 1 is 0.808 bits per heavy atom. The molecule has 3 rings (SSSR count). The highest BCUT2D eigenvalue weighted by molar-refractivity contribution is 9.10. The minimum absolute atomic E-state index is 0.206. The Morgan fingerprint density at radius 3 is 2.04 bits per heavy atom. The summed E-state index contributed by atoms with van der Waals surface area (Å²) in [7, 11) is 3.33. The van der Waals surface area contributed by atoms with Gasteiger partial charge in [0.25, 0.3) is 0 Å². The number of fused-ring (bicyclic) bond motifs is 1. The van der Waals surface area contributed by atoms with Gasteiger partial charge in [-0.2, -0.15) is 0 Å². The van der Waals surface area contributed by atoms with E-state index < -0.39 is 0 Å². The molecule has 140 valence electrons. The third-order valence-corrected chi connectivity index (χ3v) is 6.26. The van der Waals surface area contributed by atoms with Gasteiger partial charge in [-0.15, -0.1) is 0 Å². The number of ether oxygens (including phenoxy) is 2. The van der Waals surface area contributed by atoms with E-state index in [1.807, 2.05) is 6.07 Å². The van der Waals surface area contributed by atoms with Crippen molar-refractivity contribution in [2.24, 2.45) is 0 Å². The average Bonchev–Trinajstić information content (AvgIpc) is 2.59. The van der Waals surface area contributed by atoms with Crippen LogP contribution in [0.15, 0.2) is 40.9 Å². The highest BCUT2D eigenvalue weighted by atomic mass is 79.9. The van der Waals surface area contributed by atoms with E-state index >= 15 is 0 Å². The molecule has 2 nitrogen and oxygen atoms in total. The largest absolute Gasteiger partial charge is 0.352 e. The fourth-order valence-electron chi connectivity index (χ4n) is 4.05. The van der Waals surface area contributed by atoms with Crippen LogP contribution in [0.5, 0.6) is 0 Å². The molecule has 0 radical (unpaired) electrons. The molecule has 0 saturated heterocycles. The quantitative estimate of drug-likeness (QED) is 0.512. The van der Waals surface area contributed by atoms with E-state index in [1.54, 1.807) is 14.2 Å². The standard InChI is InChI=1S/C23H29BrO2/c1-22(2)9-10-23(3,4)20-14-15(7-8-19(20)22)16-11-17(13-18(24)12-16)21(25-5)26-6/h7-8,11-14,21H,9-10H2,1-6H3. The number of halogens is 1. The molecule has 0 N–H and O–H groups in total. The maximum absolute atomic E-state index is 5.44. The lowest BCUT2D eigenvalue weighted by Gasteiger charge is -2.42. The highest BCUT2D eigenvalue weighted by Gasteiger charge is 2.37. The first-order chi connectivity index (χ1) is 12.2. The first kappa shape index (κ1) is 19.6. The number of rotatable bonds is 4. The van der Waals surface area contributed by atoms with Crippen molar-refractivity contribution in [3.8, 4) is 11.1 Å². The van der Waals surface area contributed by atoms with Gasteiger partial charge in [-0.05, 0) is 64.1 Å². The minimum atomic E-state index is -0.362. The second-order valence-corrected chi connectivity index (χ2v) is 9.52. The van der Waals surface area contributed by atoms with Gasteiger partial charge in [-0.1, -0.05) is 61.8 Å². The molecular formula is C23H29BrO2. The van der Waals surface area contributed by atoms with Gasteiger partial charge in [0.15, 0.2) is 6.29 Å². The monoisotopic (exact) mass is 416 g/mol. The summed E-state index contributed by atoms with van der Waals surface area (Å²) in [6.45, 7) is 9.45. The molecule has 0 atom stereocenters. The van der Waals surface area contributed by atoms with Gasteiger partial charge in [0.1, 0.15) is 0 Å². The number of hydrogen-bond acceptors (Lipinski definition) is 2. The van der Waals surface area contributed by atoms with Gasteiger partial charge < -0.3 is 9.47 Å². The molecule has 0 aliphatic heterocycles. The van der Waals surface area contributed by atoms with Gasteiger partial charge in [-0.25, -0.2) is 0 Å². The number of benzene rings is 2. The molecule has 26 heavy (non-hydrogen) atoms. The van der Waals surface area contributed by atoms with Gasteiger partial charge in [0, 0.05) is 24.3 Å². The molecule has 0 heterocycles. The fourth-order valence-corrected chi connectivity index (χ4v) is 4.56. The van der Waals surface area contributed by atoms with E-state index in [0.717, 1.165) is 10.0 Å². The third kappa shape index (κ3) is 3.62. The van der Waals surface area contributed by atoms with Gasteiger partial charge in [-0.3, -0.25) is 0 Å². The molecule has 2 aromatic rings. The van der Waals surface area contributed by atoms with E-state index in [4.69, 9.17) is 9.47 Å². The Hall–Kier alpha value is -1.16. The van der Waals surface area contributed by atoms with E-state index in [1.165, 1.54) is 35.1 Å². The maximum Gasteiger partial charge on any atom is 0.183 e.